The van der Waals surface area contributed by atoms with Gasteiger partial charge in [0.2, 0.25) is 0 Å². The number of halogens is 5. The largest absolute Gasteiger partial charge is 0.383 e. The summed E-state index contributed by atoms with van der Waals surface area (Å²) < 4.78 is 50.7. The molecule has 1 amide bonds. The van der Waals surface area contributed by atoms with Gasteiger partial charge in [0.1, 0.15) is 0 Å². The topological polar surface area (TPSA) is 32.3 Å². The highest BCUT2D eigenvalue weighted by molar-refractivity contribution is 5.85. The minimum Gasteiger partial charge on any atom is -0.334 e. The number of hydrogen-bond donors (Lipinski definition) is 1. The van der Waals surface area contributed by atoms with E-state index < -0.39 is 18.3 Å². The van der Waals surface area contributed by atoms with Crippen molar-refractivity contribution in [1.29, 1.82) is 0 Å². The van der Waals surface area contributed by atoms with Gasteiger partial charge in [-0.15, -0.1) is 12.4 Å². The van der Waals surface area contributed by atoms with Crippen molar-refractivity contribution in [2.24, 2.45) is 0 Å². The molecule has 1 N–H and O–H groups in total. The van der Waals surface area contributed by atoms with Crippen molar-refractivity contribution < 1.29 is 22.4 Å². The van der Waals surface area contributed by atoms with Gasteiger partial charge in [0, 0.05) is 12.6 Å². The van der Waals surface area contributed by atoms with E-state index in [-0.39, 0.29) is 25.0 Å². The third-order valence-electron chi connectivity index (χ3n) is 3.03. The molecule has 1 aliphatic rings. The Morgan fingerprint density at radius 2 is 1.89 bits per heavy atom. The van der Waals surface area contributed by atoms with Crippen LogP contribution in [-0.2, 0) is 4.79 Å². The molecule has 0 aromatic carbocycles. The quantitative estimate of drug-likeness (QED) is 0.791. The van der Waals surface area contributed by atoms with Crippen LogP contribution in [0.1, 0.15) is 26.2 Å². The lowest BCUT2D eigenvalue weighted by molar-refractivity contribution is -0.183. The molecule has 114 valence electrons. The lowest BCUT2D eigenvalue weighted by atomic mass is 10.0. The number of amides is 1. The third-order valence-corrected chi connectivity index (χ3v) is 3.03. The Kier molecular flexibility index (Phi) is 7.66. The maximum absolute atomic E-state index is 13.1. The van der Waals surface area contributed by atoms with Gasteiger partial charge in [-0.05, 0) is 32.4 Å². The first kappa shape index (κ1) is 18.4. The molecule has 0 bridgehead atoms. The summed E-state index contributed by atoms with van der Waals surface area (Å²) in [7, 11) is 0. The Labute approximate surface area is 116 Å². The first-order chi connectivity index (χ1) is 8.41. The monoisotopic (exact) mass is 306 g/mol. The SMILES string of the molecule is CCCN(C(=O)C(F)(F)C(F)F)C1CCNCC1.Cl. The molecule has 0 atom stereocenters. The fourth-order valence-electron chi connectivity index (χ4n) is 2.09. The second-order valence-electron chi connectivity index (χ2n) is 4.40. The van der Waals surface area contributed by atoms with E-state index in [0.717, 1.165) is 4.90 Å². The Balaban J connectivity index is 0.00000324. The van der Waals surface area contributed by atoms with Crippen LogP contribution in [-0.4, -0.2) is 48.8 Å². The highest BCUT2D eigenvalue weighted by Crippen LogP contribution is 2.27. The molecule has 1 saturated heterocycles. The molecule has 0 radical (unpaired) electrons. The standard InChI is InChI=1S/C11H18F4N2O.ClH/c1-2-7-17(8-3-5-16-6-4-8)10(18)11(14,15)9(12)13;/h8-9,16H,2-7H2,1H3;1H. The zero-order valence-corrected chi connectivity index (χ0v) is 11.5. The molecule has 8 heteroatoms. The van der Waals surface area contributed by atoms with Gasteiger partial charge < -0.3 is 10.2 Å². The number of carbonyl (C=O) groups excluding carboxylic acids is 1. The van der Waals surface area contributed by atoms with Gasteiger partial charge in [0.15, 0.2) is 0 Å². The molecule has 0 spiro atoms. The number of rotatable bonds is 5. The van der Waals surface area contributed by atoms with E-state index in [1.807, 2.05) is 0 Å². The van der Waals surface area contributed by atoms with E-state index in [1.165, 1.54) is 0 Å². The molecule has 0 unspecified atom stereocenters. The molecule has 0 aliphatic carbocycles. The number of nitrogens with zero attached hydrogens (tertiary/aromatic N) is 1. The number of carbonyl (C=O) groups is 1. The number of alkyl halides is 4. The predicted molar refractivity (Wildman–Crippen MR) is 66.1 cm³/mol. The Bertz CT molecular complexity index is 286. The highest BCUT2D eigenvalue weighted by Gasteiger charge is 2.52. The van der Waals surface area contributed by atoms with E-state index in [4.69, 9.17) is 0 Å². The zero-order valence-electron chi connectivity index (χ0n) is 10.7. The first-order valence-electron chi connectivity index (χ1n) is 6.09. The molecule has 19 heavy (non-hydrogen) atoms. The average molecular weight is 307 g/mol. The fraction of sp³-hybridized carbons (Fsp3) is 0.909. The number of piperidine rings is 1. The summed E-state index contributed by atoms with van der Waals surface area (Å²) in [6.45, 7) is 3.03. The third kappa shape index (κ3) is 4.49. The molecule has 1 fully saturated rings. The minimum atomic E-state index is -4.58. The predicted octanol–water partition coefficient (Wildman–Crippen LogP) is 2.30. The molecule has 0 aromatic rings. The van der Waals surface area contributed by atoms with Crippen LogP contribution in [0.25, 0.3) is 0 Å². The Morgan fingerprint density at radius 1 is 1.37 bits per heavy atom. The van der Waals surface area contributed by atoms with Crippen LogP contribution in [0, 0.1) is 0 Å². The van der Waals surface area contributed by atoms with Crippen molar-refractivity contribution >= 4 is 18.3 Å². The zero-order chi connectivity index (χ0) is 13.8. The number of nitrogens with one attached hydrogen (secondary N) is 1. The first-order valence-corrected chi connectivity index (χ1v) is 6.09. The Morgan fingerprint density at radius 3 is 2.32 bits per heavy atom. The smallest absolute Gasteiger partial charge is 0.334 e. The van der Waals surface area contributed by atoms with E-state index >= 15 is 0 Å². The Hall–Kier alpha value is -0.560. The van der Waals surface area contributed by atoms with Crippen molar-refractivity contribution in [2.45, 2.75) is 44.6 Å². The molecular formula is C11H19ClF4N2O. The minimum absolute atomic E-state index is 0. The summed E-state index contributed by atoms with van der Waals surface area (Å²) in [6, 6.07) is -0.372. The summed E-state index contributed by atoms with van der Waals surface area (Å²) in [5.74, 6) is -6.33. The number of hydrogen-bond acceptors (Lipinski definition) is 2. The second-order valence-corrected chi connectivity index (χ2v) is 4.40. The molecule has 1 heterocycles. The summed E-state index contributed by atoms with van der Waals surface area (Å²) in [5.41, 5.74) is 0. The van der Waals surface area contributed by atoms with Gasteiger partial charge in [-0.1, -0.05) is 6.92 Å². The molecule has 1 rings (SSSR count). The van der Waals surface area contributed by atoms with Crippen molar-refractivity contribution in [3.8, 4) is 0 Å². The van der Waals surface area contributed by atoms with Crippen molar-refractivity contribution in [2.75, 3.05) is 19.6 Å². The van der Waals surface area contributed by atoms with Crippen molar-refractivity contribution in [3.63, 3.8) is 0 Å². The average Bonchev–Trinajstić information content (AvgIpc) is 2.36. The molecule has 1 aliphatic heterocycles. The lowest BCUT2D eigenvalue weighted by Crippen LogP contribution is -2.54. The van der Waals surface area contributed by atoms with Gasteiger partial charge in [-0.25, -0.2) is 8.78 Å². The van der Waals surface area contributed by atoms with E-state index in [2.05, 4.69) is 5.32 Å². The maximum atomic E-state index is 13.1. The van der Waals surface area contributed by atoms with Gasteiger partial charge in [0.05, 0.1) is 0 Å². The highest BCUT2D eigenvalue weighted by atomic mass is 35.5. The van der Waals surface area contributed by atoms with Crippen LogP contribution in [0.4, 0.5) is 17.6 Å². The van der Waals surface area contributed by atoms with Gasteiger partial charge in [-0.2, -0.15) is 8.78 Å². The van der Waals surface area contributed by atoms with Crippen LogP contribution in [0.5, 0.6) is 0 Å². The van der Waals surface area contributed by atoms with Gasteiger partial charge in [0.25, 0.3) is 5.91 Å². The van der Waals surface area contributed by atoms with Crippen molar-refractivity contribution in [3.05, 3.63) is 0 Å². The normalized spacial score (nSPS) is 17.2. The summed E-state index contributed by atoms with van der Waals surface area (Å²) in [6.07, 6.45) is -2.45. The van der Waals surface area contributed by atoms with Crippen LogP contribution in [0.3, 0.4) is 0 Å². The van der Waals surface area contributed by atoms with Crippen LogP contribution < -0.4 is 5.32 Å². The summed E-state index contributed by atoms with van der Waals surface area (Å²) in [5, 5.41) is 3.04. The van der Waals surface area contributed by atoms with Gasteiger partial charge >= 0.3 is 12.3 Å². The van der Waals surface area contributed by atoms with E-state index in [1.54, 1.807) is 6.92 Å². The van der Waals surface area contributed by atoms with Gasteiger partial charge in [-0.3, -0.25) is 4.79 Å². The molecule has 0 saturated carbocycles. The molecular weight excluding hydrogens is 288 g/mol. The van der Waals surface area contributed by atoms with Crippen molar-refractivity contribution in [1.82, 2.24) is 10.2 Å². The lowest BCUT2D eigenvalue weighted by Gasteiger charge is -2.36. The van der Waals surface area contributed by atoms with E-state index in [0.29, 0.717) is 32.4 Å². The second kappa shape index (κ2) is 7.89. The summed E-state index contributed by atoms with van der Waals surface area (Å²) >= 11 is 0. The molecule has 0 aromatic heterocycles. The fourth-order valence-corrected chi connectivity index (χ4v) is 2.09. The molecule has 3 nitrogen and oxygen atoms in total. The van der Waals surface area contributed by atoms with E-state index in [9.17, 15) is 22.4 Å². The van der Waals surface area contributed by atoms with Crippen LogP contribution >= 0.6 is 12.4 Å². The maximum Gasteiger partial charge on any atom is 0.383 e. The summed E-state index contributed by atoms with van der Waals surface area (Å²) in [4.78, 5) is 12.5. The van der Waals surface area contributed by atoms with Crippen LogP contribution in [0.2, 0.25) is 0 Å². The van der Waals surface area contributed by atoms with Crippen LogP contribution in [0.15, 0.2) is 0 Å².